The van der Waals surface area contributed by atoms with E-state index < -0.39 is 13.0 Å². The van der Waals surface area contributed by atoms with Gasteiger partial charge in [0.1, 0.15) is 5.82 Å². The Bertz CT molecular complexity index is 1300. The van der Waals surface area contributed by atoms with E-state index in [1.165, 1.54) is 7.11 Å². The van der Waals surface area contributed by atoms with Gasteiger partial charge in [-0.05, 0) is 24.0 Å². The Labute approximate surface area is 184 Å². The van der Waals surface area contributed by atoms with E-state index in [0.29, 0.717) is 40.6 Å². The molecule has 10 heteroatoms. The topological polar surface area (TPSA) is 146 Å². The standard InChI is InChI=1S/C22H22BN5O4/c1-12-19(15-7-4-8-16(21(24)29)20(15)26-12)22-27-17(10-18(28-22)32-2)25-11-13-5-3-6-14(9-13)23(30)31/h3-10,26,30-31H,11H2,1-2H3,(H2,24,29)(H,25,27,28). The molecule has 0 aliphatic rings. The van der Waals surface area contributed by atoms with Crippen molar-refractivity contribution in [1.82, 2.24) is 15.0 Å². The van der Waals surface area contributed by atoms with Crippen LogP contribution in [-0.2, 0) is 6.54 Å². The molecule has 32 heavy (non-hydrogen) atoms. The first kappa shape index (κ1) is 21.4. The molecule has 0 unspecified atom stereocenters. The van der Waals surface area contributed by atoms with Crippen molar-refractivity contribution in [1.29, 1.82) is 0 Å². The molecule has 0 fully saturated rings. The molecule has 4 rings (SSSR count). The highest BCUT2D eigenvalue weighted by Gasteiger charge is 2.19. The van der Waals surface area contributed by atoms with E-state index >= 15 is 0 Å². The monoisotopic (exact) mass is 431 g/mol. The summed E-state index contributed by atoms with van der Waals surface area (Å²) in [5, 5.41) is 22.8. The molecule has 6 N–H and O–H groups in total. The third kappa shape index (κ3) is 4.14. The molecule has 4 aromatic rings. The molecule has 0 saturated carbocycles. The zero-order valence-electron chi connectivity index (χ0n) is 17.6. The number of anilines is 1. The molecule has 0 saturated heterocycles. The highest BCUT2D eigenvalue weighted by Crippen LogP contribution is 2.33. The lowest BCUT2D eigenvalue weighted by Gasteiger charge is -2.11. The molecule has 0 aliphatic carbocycles. The fraction of sp³-hybridized carbons (Fsp3) is 0.136. The van der Waals surface area contributed by atoms with Gasteiger partial charge in [0.25, 0.3) is 5.91 Å². The molecule has 2 aromatic carbocycles. The van der Waals surface area contributed by atoms with Crippen molar-refractivity contribution in [3.8, 4) is 17.3 Å². The van der Waals surface area contributed by atoms with Gasteiger partial charge in [-0.3, -0.25) is 4.79 Å². The number of methoxy groups -OCH3 is 1. The van der Waals surface area contributed by atoms with Crippen LogP contribution in [0.5, 0.6) is 5.88 Å². The molecule has 2 heterocycles. The number of ether oxygens (including phenoxy) is 1. The largest absolute Gasteiger partial charge is 0.488 e. The predicted octanol–water partition coefficient (Wildman–Crippen LogP) is 1.33. The van der Waals surface area contributed by atoms with Gasteiger partial charge in [0.15, 0.2) is 5.82 Å². The van der Waals surface area contributed by atoms with Gasteiger partial charge in [-0.1, -0.05) is 36.4 Å². The number of benzene rings is 2. The predicted molar refractivity (Wildman–Crippen MR) is 123 cm³/mol. The van der Waals surface area contributed by atoms with Crippen LogP contribution in [0.15, 0.2) is 48.5 Å². The summed E-state index contributed by atoms with van der Waals surface area (Å²) in [7, 11) is -0.00854. The number of hydrogen-bond acceptors (Lipinski definition) is 7. The lowest BCUT2D eigenvalue weighted by Crippen LogP contribution is -2.30. The third-order valence-electron chi connectivity index (χ3n) is 5.14. The summed E-state index contributed by atoms with van der Waals surface area (Å²) in [6.45, 7) is 2.28. The minimum Gasteiger partial charge on any atom is -0.481 e. The molecule has 162 valence electrons. The van der Waals surface area contributed by atoms with Crippen LogP contribution < -0.4 is 21.3 Å². The van der Waals surface area contributed by atoms with Crippen LogP contribution in [0, 0.1) is 6.92 Å². The van der Waals surface area contributed by atoms with E-state index in [9.17, 15) is 14.8 Å². The van der Waals surface area contributed by atoms with Crippen molar-refractivity contribution in [2.24, 2.45) is 5.73 Å². The molecule has 2 aromatic heterocycles. The number of nitrogens with one attached hydrogen (secondary N) is 2. The van der Waals surface area contributed by atoms with E-state index in [2.05, 4.69) is 20.3 Å². The number of para-hydroxylation sites is 1. The zero-order valence-corrected chi connectivity index (χ0v) is 17.6. The fourth-order valence-corrected chi connectivity index (χ4v) is 3.63. The molecule has 0 radical (unpaired) electrons. The van der Waals surface area contributed by atoms with Crippen molar-refractivity contribution in [2.75, 3.05) is 12.4 Å². The van der Waals surface area contributed by atoms with Gasteiger partial charge < -0.3 is 30.8 Å². The number of hydrogen-bond donors (Lipinski definition) is 5. The molecule has 0 spiro atoms. The highest BCUT2D eigenvalue weighted by molar-refractivity contribution is 6.58. The summed E-state index contributed by atoms with van der Waals surface area (Å²) in [6, 6.07) is 13.9. The summed E-state index contributed by atoms with van der Waals surface area (Å²) >= 11 is 0. The van der Waals surface area contributed by atoms with Crippen LogP contribution >= 0.6 is 0 Å². The van der Waals surface area contributed by atoms with E-state index in [4.69, 9.17) is 10.5 Å². The van der Waals surface area contributed by atoms with Gasteiger partial charge in [-0.25, -0.2) is 4.98 Å². The quantitative estimate of drug-likeness (QED) is 0.278. The van der Waals surface area contributed by atoms with Gasteiger partial charge in [0.05, 0.1) is 18.2 Å². The van der Waals surface area contributed by atoms with Crippen molar-refractivity contribution >= 4 is 35.2 Å². The van der Waals surface area contributed by atoms with Gasteiger partial charge in [0.2, 0.25) is 5.88 Å². The van der Waals surface area contributed by atoms with E-state index in [1.807, 2.05) is 19.1 Å². The van der Waals surface area contributed by atoms with Crippen LogP contribution in [-0.4, -0.2) is 45.1 Å². The van der Waals surface area contributed by atoms with Crippen LogP contribution in [0.2, 0.25) is 0 Å². The second-order valence-corrected chi connectivity index (χ2v) is 7.31. The summed E-state index contributed by atoms with van der Waals surface area (Å²) in [4.78, 5) is 24.2. The number of nitrogens with zero attached hydrogens (tertiary/aromatic N) is 2. The Balaban J connectivity index is 1.72. The molecular formula is C22H22BN5O4. The maximum atomic E-state index is 11.8. The average Bonchev–Trinajstić information content (AvgIpc) is 3.13. The Morgan fingerprint density at radius 3 is 2.69 bits per heavy atom. The average molecular weight is 431 g/mol. The summed E-state index contributed by atoms with van der Waals surface area (Å²) in [6.07, 6.45) is 0. The summed E-state index contributed by atoms with van der Waals surface area (Å²) in [5.74, 6) is 0.808. The number of aromatic amines is 1. The molecule has 1 amide bonds. The minimum absolute atomic E-state index is 0.372. The Hall–Kier alpha value is -3.89. The Kier molecular flexibility index (Phi) is 5.80. The van der Waals surface area contributed by atoms with E-state index in [0.717, 1.165) is 22.2 Å². The van der Waals surface area contributed by atoms with Crippen molar-refractivity contribution in [2.45, 2.75) is 13.5 Å². The van der Waals surface area contributed by atoms with Crippen molar-refractivity contribution < 1.29 is 19.6 Å². The molecule has 0 aliphatic heterocycles. The van der Waals surface area contributed by atoms with Crippen molar-refractivity contribution in [3.63, 3.8) is 0 Å². The van der Waals surface area contributed by atoms with E-state index in [1.54, 1.807) is 36.4 Å². The smallest absolute Gasteiger partial charge is 0.481 e. The summed E-state index contributed by atoms with van der Waals surface area (Å²) in [5.41, 5.74) is 9.34. The number of nitrogens with two attached hydrogens (primary N) is 1. The van der Waals surface area contributed by atoms with Crippen LogP contribution in [0.4, 0.5) is 5.82 Å². The Morgan fingerprint density at radius 1 is 1.19 bits per heavy atom. The number of carbonyl (C=O) groups is 1. The number of amides is 1. The summed E-state index contributed by atoms with van der Waals surface area (Å²) < 4.78 is 5.37. The first-order chi connectivity index (χ1) is 15.4. The number of carbonyl (C=O) groups excluding carboxylic acids is 1. The van der Waals surface area contributed by atoms with Crippen LogP contribution in [0.25, 0.3) is 22.3 Å². The number of H-pyrrole nitrogens is 1. The van der Waals surface area contributed by atoms with Gasteiger partial charge in [-0.2, -0.15) is 4.98 Å². The molecule has 9 nitrogen and oxygen atoms in total. The first-order valence-electron chi connectivity index (χ1n) is 9.90. The number of fused-ring (bicyclic) bond motifs is 1. The highest BCUT2D eigenvalue weighted by atomic mass is 16.5. The second-order valence-electron chi connectivity index (χ2n) is 7.31. The van der Waals surface area contributed by atoms with Crippen molar-refractivity contribution in [3.05, 3.63) is 65.4 Å². The van der Waals surface area contributed by atoms with Crippen LogP contribution in [0.3, 0.4) is 0 Å². The number of primary amides is 1. The maximum Gasteiger partial charge on any atom is 0.488 e. The maximum absolute atomic E-state index is 11.8. The lowest BCUT2D eigenvalue weighted by atomic mass is 9.80. The van der Waals surface area contributed by atoms with Gasteiger partial charge >= 0.3 is 7.12 Å². The number of rotatable bonds is 7. The molecule has 0 bridgehead atoms. The number of aryl methyl sites for hydroxylation is 1. The van der Waals surface area contributed by atoms with E-state index in [-0.39, 0.29) is 0 Å². The molecule has 0 atom stereocenters. The van der Waals surface area contributed by atoms with Crippen LogP contribution in [0.1, 0.15) is 21.6 Å². The zero-order chi connectivity index (χ0) is 22.8. The normalized spacial score (nSPS) is 10.9. The minimum atomic E-state index is -1.53. The molecular weight excluding hydrogens is 409 g/mol. The van der Waals surface area contributed by atoms with Gasteiger partial charge in [-0.15, -0.1) is 0 Å². The third-order valence-corrected chi connectivity index (χ3v) is 5.14. The van der Waals surface area contributed by atoms with Gasteiger partial charge in [0, 0.05) is 29.3 Å². The number of aromatic nitrogens is 3. The lowest BCUT2D eigenvalue weighted by molar-refractivity contribution is 0.100. The Morgan fingerprint density at radius 2 is 1.97 bits per heavy atom. The fourth-order valence-electron chi connectivity index (χ4n) is 3.63. The SMILES string of the molecule is COc1cc(NCc2cccc(B(O)O)c2)nc(-c2c(C)[nH]c3c(C(N)=O)cccc23)n1. The first-order valence-corrected chi connectivity index (χ1v) is 9.90. The second kappa shape index (κ2) is 8.70.